The summed E-state index contributed by atoms with van der Waals surface area (Å²) in [5.74, 6) is -0.876. The Labute approximate surface area is 378 Å². The van der Waals surface area contributed by atoms with Gasteiger partial charge in [0.2, 0.25) is 0 Å². The van der Waals surface area contributed by atoms with Gasteiger partial charge in [0.15, 0.2) is 6.10 Å². The van der Waals surface area contributed by atoms with E-state index in [1.165, 1.54) is 161 Å². The number of unbranched alkanes of at least 4 members (excludes halogenated alkanes) is 31. The van der Waals surface area contributed by atoms with E-state index in [1.807, 2.05) is 0 Å². The fourth-order valence-corrected chi connectivity index (χ4v) is 7.63. The maximum atomic E-state index is 12.7. The zero-order valence-corrected chi connectivity index (χ0v) is 40.7. The number of rotatable bonds is 48. The summed E-state index contributed by atoms with van der Waals surface area (Å²) in [5, 5.41) is 0. The van der Waals surface area contributed by atoms with Gasteiger partial charge in [-0.3, -0.25) is 14.4 Å². The van der Waals surface area contributed by atoms with Crippen LogP contribution in [0.4, 0.5) is 0 Å². The summed E-state index contributed by atoms with van der Waals surface area (Å²) in [6.45, 7) is 6.62. The minimum absolute atomic E-state index is 0.0724. The molecule has 0 N–H and O–H groups in total. The molecule has 0 aliphatic heterocycles. The Morgan fingerprint density at radius 2 is 0.590 bits per heavy atom. The first-order valence-corrected chi connectivity index (χ1v) is 26.5. The number of esters is 3. The van der Waals surface area contributed by atoms with E-state index in [4.69, 9.17) is 14.2 Å². The van der Waals surface area contributed by atoms with Crippen LogP contribution in [0.2, 0.25) is 0 Å². The third kappa shape index (κ3) is 48.5. The molecule has 0 aromatic rings. The number of carbonyl (C=O) groups excluding carboxylic acids is 3. The van der Waals surface area contributed by atoms with Crippen molar-refractivity contribution in [1.29, 1.82) is 0 Å². The summed E-state index contributed by atoms with van der Waals surface area (Å²) in [4.78, 5) is 37.9. The van der Waals surface area contributed by atoms with E-state index in [0.717, 1.165) is 77.0 Å². The van der Waals surface area contributed by atoms with E-state index in [0.29, 0.717) is 19.3 Å². The van der Waals surface area contributed by atoms with Crippen molar-refractivity contribution in [3.8, 4) is 0 Å². The third-order valence-electron chi connectivity index (χ3n) is 11.6. The zero-order valence-electron chi connectivity index (χ0n) is 40.7. The molecule has 0 fully saturated rings. The Hall–Kier alpha value is -2.37. The highest BCUT2D eigenvalue weighted by Crippen LogP contribution is 2.15. The molecule has 0 aromatic carbocycles. The molecule has 6 nitrogen and oxygen atoms in total. The molecule has 0 saturated carbocycles. The quantitative estimate of drug-likeness (QED) is 0.0262. The van der Waals surface area contributed by atoms with Crippen LogP contribution in [0.3, 0.4) is 0 Å². The lowest BCUT2D eigenvalue weighted by Gasteiger charge is -2.18. The second kappa shape index (κ2) is 50.3. The summed E-state index contributed by atoms with van der Waals surface area (Å²) in [5.41, 5.74) is 0. The van der Waals surface area contributed by atoms with Crippen LogP contribution in [0.15, 0.2) is 36.5 Å². The Kier molecular flexibility index (Phi) is 48.3. The Balaban J connectivity index is 4.29. The van der Waals surface area contributed by atoms with Crippen LogP contribution in [0.25, 0.3) is 0 Å². The molecule has 0 spiro atoms. The van der Waals surface area contributed by atoms with Gasteiger partial charge in [-0.2, -0.15) is 0 Å². The van der Waals surface area contributed by atoms with Gasteiger partial charge in [-0.1, -0.05) is 237 Å². The molecular weight excluding hydrogens is 757 g/mol. The van der Waals surface area contributed by atoms with Gasteiger partial charge >= 0.3 is 17.9 Å². The normalized spacial score (nSPS) is 12.2. The molecule has 0 aliphatic rings. The molecule has 6 heteroatoms. The van der Waals surface area contributed by atoms with Gasteiger partial charge in [-0.05, 0) is 57.8 Å². The molecule has 1 unspecified atom stereocenters. The standard InChI is InChI=1S/C55H100O6/c1-4-7-10-13-16-19-22-23-24-25-26-27-28-29-30-31-34-36-39-42-45-48-54(57)60-51-52(61-55(58)49-46-43-40-37-33-21-18-15-12-9-6-3)50-59-53(56)47-44-41-38-35-32-20-17-14-11-8-5-2/h22-23,25-26,28-29,52H,4-21,24,27,30-51H2,1-3H3/b23-22-,26-25-,29-28-. The largest absolute Gasteiger partial charge is 0.462 e. The van der Waals surface area contributed by atoms with Gasteiger partial charge in [-0.25, -0.2) is 0 Å². The molecule has 61 heavy (non-hydrogen) atoms. The monoisotopic (exact) mass is 857 g/mol. The number of hydrogen-bond acceptors (Lipinski definition) is 6. The molecule has 0 rings (SSSR count). The Morgan fingerprint density at radius 3 is 0.918 bits per heavy atom. The number of carbonyl (C=O) groups is 3. The summed E-state index contributed by atoms with van der Waals surface area (Å²) in [7, 11) is 0. The molecule has 0 aromatic heterocycles. The van der Waals surface area contributed by atoms with Crippen LogP contribution in [0.1, 0.15) is 278 Å². The molecule has 1 atom stereocenters. The van der Waals surface area contributed by atoms with Crippen LogP contribution in [0.5, 0.6) is 0 Å². The Morgan fingerprint density at radius 1 is 0.328 bits per heavy atom. The van der Waals surface area contributed by atoms with Gasteiger partial charge in [0.25, 0.3) is 0 Å². The average molecular weight is 857 g/mol. The van der Waals surface area contributed by atoms with Crippen LogP contribution < -0.4 is 0 Å². The maximum Gasteiger partial charge on any atom is 0.306 e. The van der Waals surface area contributed by atoms with Crippen LogP contribution in [-0.4, -0.2) is 37.2 Å². The molecule has 0 amide bonds. The number of ether oxygens (including phenoxy) is 3. The molecule has 0 saturated heterocycles. The van der Waals surface area contributed by atoms with Gasteiger partial charge < -0.3 is 14.2 Å². The summed E-state index contributed by atoms with van der Waals surface area (Å²) < 4.78 is 16.8. The van der Waals surface area contributed by atoms with Crippen LogP contribution in [-0.2, 0) is 28.6 Å². The highest BCUT2D eigenvalue weighted by Gasteiger charge is 2.19. The van der Waals surface area contributed by atoms with Crippen molar-refractivity contribution < 1.29 is 28.6 Å². The van der Waals surface area contributed by atoms with E-state index in [2.05, 4.69) is 57.2 Å². The van der Waals surface area contributed by atoms with E-state index >= 15 is 0 Å². The third-order valence-corrected chi connectivity index (χ3v) is 11.6. The van der Waals surface area contributed by atoms with Gasteiger partial charge in [0, 0.05) is 19.3 Å². The fraction of sp³-hybridized carbons (Fsp3) is 0.836. The summed E-state index contributed by atoms with van der Waals surface area (Å²) in [6.07, 6.45) is 58.4. The summed E-state index contributed by atoms with van der Waals surface area (Å²) in [6, 6.07) is 0. The predicted octanol–water partition coefficient (Wildman–Crippen LogP) is 17.3. The average Bonchev–Trinajstić information content (AvgIpc) is 3.26. The minimum Gasteiger partial charge on any atom is -0.462 e. The molecule has 0 aliphatic carbocycles. The maximum absolute atomic E-state index is 12.7. The van der Waals surface area contributed by atoms with Crippen molar-refractivity contribution in [3.63, 3.8) is 0 Å². The van der Waals surface area contributed by atoms with E-state index < -0.39 is 6.10 Å². The van der Waals surface area contributed by atoms with E-state index in [9.17, 15) is 14.4 Å². The lowest BCUT2D eigenvalue weighted by Crippen LogP contribution is -2.30. The smallest absolute Gasteiger partial charge is 0.306 e. The van der Waals surface area contributed by atoms with Crippen molar-refractivity contribution in [2.45, 2.75) is 284 Å². The van der Waals surface area contributed by atoms with Crippen molar-refractivity contribution in [1.82, 2.24) is 0 Å². The first-order chi connectivity index (χ1) is 30.0. The molecule has 0 heterocycles. The second-order valence-electron chi connectivity index (χ2n) is 17.8. The molecular formula is C55H100O6. The SMILES string of the molecule is CCCCCCC/C=C\C/C=C\C/C=C\CCCCCCCCC(=O)OCC(COC(=O)CCCCCCCCCCCCC)OC(=O)CCCCCCCCCCCCC. The first-order valence-electron chi connectivity index (χ1n) is 26.5. The van der Waals surface area contributed by atoms with Gasteiger partial charge in [-0.15, -0.1) is 0 Å². The van der Waals surface area contributed by atoms with Gasteiger partial charge in [0.1, 0.15) is 13.2 Å². The van der Waals surface area contributed by atoms with Crippen molar-refractivity contribution in [2.75, 3.05) is 13.2 Å². The lowest BCUT2D eigenvalue weighted by atomic mass is 10.1. The second-order valence-corrected chi connectivity index (χ2v) is 17.8. The number of allylic oxidation sites excluding steroid dienone is 6. The highest BCUT2D eigenvalue weighted by molar-refractivity contribution is 5.71. The minimum atomic E-state index is -0.771. The Bertz CT molecular complexity index is 1030. The van der Waals surface area contributed by atoms with Crippen LogP contribution >= 0.6 is 0 Å². The van der Waals surface area contributed by atoms with E-state index in [1.54, 1.807) is 0 Å². The first kappa shape index (κ1) is 58.6. The van der Waals surface area contributed by atoms with E-state index in [-0.39, 0.29) is 31.1 Å². The topological polar surface area (TPSA) is 78.9 Å². The van der Waals surface area contributed by atoms with Crippen molar-refractivity contribution in [2.24, 2.45) is 0 Å². The highest BCUT2D eigenvalue weighted by atomic mass is 16.6. The number of hydrogen-bond donors (Lipinski definition) is 0. The molecule has 0 radical (unpaired) electrons. The molecule has 356 valence electrons. The zero-order chi connectivity index (χ0) is 44.4. The molecule has 0 bridgehead atoms. The predicted molar refractivity (Wildman–Crippen MR) is 261 cm³/mol. The fourth-order valence-electron chi connectivity index (χ4n) is 7.63. The summed E-state index contributed by atoms with van der Waals surface area (Å²) >= 11 is 0. The van der Waals surface area contributed by atoms with Crippen molar-refractivity contribution >= 4 is 17.9 Å². The van der Waals surface area contributed by atoms with Crippen LogP contribution in [0, 0.1) is 0 Å². The van der Waals surface area contributed by atoms with Crippen molar-refractivity contribution in [3.05, 3.63) is 36.5 Å². The van der Waals surface area contributed by atoms with Gasteiger partial charge in [0.05, 0.1) is 0 Å². The lowest BCUT2D eigenvalue weighted by molar-refractivity contribution is -0.167.